The molecule has 0 fully saturated rings. The summed E-state index contributed by atoms with van der Waals surface area (Å²) < 4.78 is 0. The second kappa shape index (κ2) is 6.34. The molecule has 1 amide bonds. The molecule has 0 spiro atoms. The first-order valence-corrected chi connectivity index (χ1v) is 8.20. The number of nitrogens with zero attached hydrogens (tertiary/aromatic N) is 3. The van der Waals surface area contributed by atoms with Crippen molar-refractivity contribution >= 4 is 23.2 Å². The number of carbonyl (C=O) groups is 1. The number of anilines is 1. The van der Waals surface area contributed by atoms with Gasteiger partial charge in [0.1, 0.15) is 0 Å². The molecule has 1 N–H and O–H groups in total. The van der Waals surface area contributed by atoms with Gasteiger partial charge in [-0.05, 0) is 45.3 Å². The van der Waals surface area contributed by atoms with Crippen molar-refractivity contribution < 1.29 is 4.79 Å². The van der Waals surface area contributed by atoms with Gasteiger partial charge >= 0.3 is 0 Å². The highest BCUT2D eigenvalue weighted by Crippen LogP contribution is 2.46. The first kappa shape index (κ1) is 16.0. The minimum absolute atomic E-state index is 0.00715. The van der Waals surface area contributed by atoms with Gasteiger partial charge in [0, 0.05) is 22.6 Å². The van der Waals surface area contributed by atoms with Crippen molar-refractivity contribution in [3.8, 4) is 11.3 Å². The van der Waals surface area contributed by atoms with Crippen LogP contribution in [0.25, 0.3) is 11.3 Å². The summed E-state index contributed by atoms with van der Waals surface area (Å²) in [5.74, 6) is 0.115. The van der Waals surface area contributed by atoms with E-state index in [4.69, 9.17) is 11.6 Å². The van der Waals surface area contributed by atoms with Gasteiger partial charge in [-0.25, -0.2) is 0 Å². The monoisotopic (exact) mass is 332 g/mol. The summed E-state index contributed by atoms with van der Waals surface area (Å²) in [5.41, 5.74) is 3.87. The number of H-pyrrole nitrogens is 1. The molecule has 0 bridgehead atoms. The van der Waals surface area contributed by atoms with Crippen LogP contribution < -0.4 is 4.90 Å². The summed E-state index contributed by atoms with van der Waals surface area (Å²) in [6, 6.07) is 5.65. The lowest BCUT2D eigenvalue weighted by atomic mass is 9.91. The number of hydrogen-bond donors (Lipinski definition) is 1. The van der Waals surface area contributed by atoms with Gasteiger partial charge in [0.15, 0.2) is 0 Å². The number of aromatic amines is 1. The minimum atomic E-state index is -0.00715. The summed E-state index contributed by atoms with van der Waals surface area (Å²) in [7, 11) is 4.08. The third-order valence-electron chi connectivity index (χ3n) is 4.25. The molecule has 2 heterocycles. The van der Waals surface area contributed by atoms with Crippen molar-refractivity contribution in [2.75, 3.05) is 25.5 Å². The molecular weight excluding hydrogens is 312 g/mol. The number of hydrogen-bond acceptors (Lipinski definition) is 3. The van der Waals surface area contributed by atoms with E-state index in [2.05, 4.69) is 15.1 Å². The number of benzene rings is 1. The number of amides is 1. The van der Waals surface area contributed by atoms with Gasteiger partial charge in [-0.15, -0.1) is 0 Å². The molecule has 23 heavy (non-hydrogen) atoms. The van der Waals surface area contributed by atoms with Gasteiger partial charge in [-0.2, -0.15) is 5.10 Å². The van der Waals surface area contributed by atoms with E-state index in [-0.39, 0.29) is 11.9 Å². The van der Waals surface area contributed by atoms with E-state index in [1.165, 1.54) is 0 Å². The molecule has 2 aromatic rings. The molecule has 0 aliphatic carbocycles. The lowest BCUT2D eigenvalue weighted by Crippen LogP contribution is -2.38. The summed E-state index contributed by atoms with van der Waals surface area (Å²) in [5, 5.41) is 7.94. The Morgan fingerprint density at radius 2 is 2.22 bits per heavy atom. The first-order valence-electron chi connectivity index (χ1n) is 7.83. The summed E-state index contributed by atoms with van der Waals surface area (Å²) in [6.45, 7) is 2.79. The predicted octanol–water partition coefficient (Wildman–Crippen LogP) is 3.48. The van der Waals surface area contributed by atoms with Crippen LogP contribution in [0.4, 0.5) is 5.69 Å². The summed E-state index contributed by atoms with van der Waals surface area (Å²) in [6.07, 6.45) is 3.15. The molecule has 1 unspecified atom stereocenters. The van der Waals surface area contributed by atoms with Gasteiger partial charge in [-0.3, -0.25) is 9.89 Å². The van der Waals surface area contributed by atoms with Gasteiger partial charge < -0.3 is 9.80 Å². The van der Waals surface area contributed by atoms with Crippen LogP contribution in [-0.4, -0.2) is 41.6 Å². The number of nitrogens with one attached hydrogen (secondary N) is 1. The highest BCUT2D eigenvalue weighted by Gasteiger charge is 2.35. The van der Waals surface area contributed by atoms with Crippen molar-refractivity contribution in [3.63, 3.8) is 0 Å². The van der Waals surface area contributed by atoms with Crippen molar-refractivity contribution in [1.29, 1.82) is 0 Å². The second-order valence-electron chi connectivity index (χ2n) is 6.09. The van der Waals surface area contributed by atoms with E-state index in [0.717, 1.165) is 35.5 Å². The number of aromatic nitrogens is 2. The molecule has 0 saturated heterocycles. The highest BCUT2D eigenvalue weighted by molar-refractivity contribution is 6.31. The van der Waals surface area contributed by atoms with Crippen LogP contribution in [0.3, 0.4) is 0 Å². The number of fused-ring (bicyclic) bond motifs is 3. The normalized spacial score (nSPS) is 16.4. The van der Waals surface area contributed by atoms with Crippen molar-refractivity contribution in [1.82, 2.24) is 15.1 Å². The molecule has 5 nitrogen and oxygen atoms in total. The largest absolute Gasteiger partial charge is 0.309 e. The quantitative estimate of drug-likeness (QED) is 0.932. The fraction of sp³-hybridized carbons (Fsp3) is 0.412. The fourth-order valence-electron chi connectivity index (χ4n) is 3.13. The Labute approximate surface area is 141 Å². The molecule has 0 radical (unpaired) electrons. The minimum Gasteiger partial charge on any atom is -0.309 e. The molecular formula is C17H21ClN4O. The van der Waals surface area contributed by atoms with Gasteiger partial charge in [0.05, 0.1) is 23.6 Å². The van der Waals surface area contributed by atoms with E-state index in [1.807, 2.05) is 50.3 Å². The zero-order valence-corrected chi connectivity index (χ0v) is 14.4. The van der Waals surface area contributed by atoms with Crippen LogP contribution in [0.1, 0.15) is 31.4 Å². The average molecular weight is 333 g/mol. The molecule has 3 rings (SSSR count). The lowest BCUT2D eigenvalue weighted by molar-refractivity contribution is -0.118. The van der Waals surface area contributed by atoms with Crippen LogP contribution in [0.2, 0.25) is 5.02 Å². The van der Waals surface area contributed by atoms with Crippen LogP contribution in [0.5, 0.6) is 0 Å². The molecule has 1 aromatic heterocycles. The topological polar surface area (TPSA) is 52.2 Å². The first-order chi connectivity index (χ1) is 11.0. The maximum atomic E-state index is 12.7. The molecule has 1 atom stereocenters. The maximum absolute atomic E-state index is 12.7. The Balaban J connectivity index is 2.13. The summed E-state index contributed by atoms with van der Waals surface area (Å²) >= 11 is 6.17. The smallest absolute Gasteiger partial charge is 0.227 e. The second-order valence-corrected chi connectivity index (χ2v) is 6.52. The van der Waals surface area contributed by atoms with E-state index >= 15 is 0 Å². The van der Waals surface area contributed by atoms with Crippen molar-refractivity contribution in [3.05, 3.63) is 35.0 Å². The van der Waals surface area contributed by atoms with Crippen molar-refractivity contribution in [2.45, 2.75) is 25.8 Å². The zero-order valence-electron chi connectivity index (χ0n) is 13.6. The Morgan fingerprint density at radius 3 is 2.91 bits per heavy atom. The van der Waals surface area contributed by atoms with Gasteiger partial charge in [0.2, 0.25) is 5.91 Å². The summed E-state index contributed by atoms with van der Waals surface area (Å²) in [4.78, 5) is 16.7. The third kappa shape index (κ3) is 2.86. The Hall–Kier alpha value is -1.85. The van der Waals surface area contributed by atoms with E-state index in [9.17, 15) is 4.79 Å². The zero-order chi connectivity index (χ0) is 16.6. The van der Waals surface area contributed by atoms with Gasteiger partial charge in [0.25, 0.3) is 0 Å². The predicted molar refractivity (Wildman–Crippen MR) is 92.7 cm³/mol. The Morgan fingerprint density at radius 1 is 1.43 bits per heavy atom. The molecule has 6 heteroatoms. The molecule has 1 aromatic carbocycles. The van der Waals surface area contributed by atoms with Crippen LogP contribution in [0, 0.1) is 0 Å². The van der Waals surface area contributed by atoms with Crippen LogP contribution in [-0.2, 0) is 4.79 Å². The van der Waals surface area contributed by atoms with E-state index in [1.54, 1.807) is 0 Å². The van der Waals surface area contributed by atoms with Gasteiger partial charge in [-0.1, -0.05) is 18.5 Å². The molecule has 0 saturated carbocycles. The average Bonchev–Trinajstić information content (AvgIpc) is 3.01. The van der Waals surface area contributed by atoms with E-state index in [0.29, 0.717) is 11.4 Å². The standard InChI is InChI=1S/C17H21ClN4O/c1-4-16(23)22-14-6-5-11(18)9-12(14)17-13(10-19-20-17)15(22)7-8-21(2)3/h5-6,9-10,15H,4,7-8H2,1-3H3,(H,19,20). The van der Waals surface area contributed by atoms with Crippen LogP contribution >= 0.6 is 11.6 Å². The number of rotatable bonds is 4. The van der Waals surface area contributed by atoms with Crippen molar-refractivity contribution in [2.24, 2.45) is 0 Å². The molecule has 1 aliphatic rings. The Bertz CT molecular complexity index is 725. The third-order valence-corrected chi connectivity index (χ3v) is 4.48. The lowest BCUT2D eigenvalue weighted by Gasteiger charge is -2.37. The van der Waals surface area contributed by atoms with E-state index < -0.39 is 0 Å². The molecule has 1 aliphatic heterocycles. The molecule has 122 valence electrons. The number of halogens is 1. The SMILES string of the molecule is CCC(=O)N1c2ccc(Cl)cc2-c2[nH]ncc2C1CCN(C)C. The maximum Gasteiger partial charge on any atom is 0.227 e. The van der Waals surface area contributed by atoms with Crippen LogP contribution in [0.15, 0.2) is 24.4 Å². The highest BCUT2D eigenvalue weighted by atomic mass is 35.5. The number of carbonyl (C=O) groups excluding carboxylic acids is 1. The fourth-order valence-corrected chi connectivity index (χ4v) is 3.31. The Kier molecular flexibility index (Phi) is 4.41.